The van der Waals surface area contributed by atoms with Gasteiger partial charge in [0.2, 0.25) is 0 Å². The van der Waals surface area contributed by atoms with Gasteiger partial charge < -0.3 is 5.11 Å². The summed E-state index contributed by atoms with van der Waals surface area (Å²) in [5.74, 6) is -0.189. The van der Waals surface area contributed by atoms with Crippen molar-refractivity contribution in [1.29, 1.82) is 0 Å². The van der Waals surface area contributed by atoms with Gasteiger partial charge in [0.15, 0.2) is 0 Å². The minimum Gasteiger partial charge on any atom is -0.507 e. The molecule has 328 valence electrons. The molecule has 0 amide bonds. The molecule has 1 N–H and O–H groups in total. The topological polar surface area (TPSA) is 50.9 Å². The number of phenols is 1. The van der Waals surface area contributed by atoms with E-state index in [0.29, 0.717) is 28.2 Å². The number of nitrogens with zero attached hydrogens (tertiary/aromatic N) is 3. The van der Waals surface area contributed by atoms with E-state index in [1.54, 1.807) is 18.2 Å². The van der Waals surface area contributed by atoms with E-state index >= 15 is 0 Å². The van der Waals surface area contributed by atoms with Crippen LogP contribution in [0.1, 0.15) is 89.0 Å². The van der Waals surface area contributed by atoms with Crippen molar-refractivity contribution in [2.45, 2.75) is 79.0 Å². The number of rotatable bonds is 8. The Labute approximate surface area is 405 Å². The van der Waals surface area contributed by atoms with Gasteiger partial charge in [0.25, 0.3) is 0 Å². The van der Waals surface area contributed by atoms with Gasteiger partial charge in [0, 0.05) is 44.0 Å². The first-order chi connectivity index (χ1) is 32.1. The predicted octanol–water partition coefficient (Wildman–Crippen LogP) is 16.0. The number of phenolic OH excluding ortho intramolecular Hbond substituents is 1. The minimum atomic E-state index is -2.47. The fourth-order valence-electron chi connectivity index (χ4n) is 8.45. The van der Waals surface area contributed by atoms with E-state index in [-0.39, 0.29) is 43.2 Å². The molecular weight excluding hydrogens is 974 g/mol. The predicted molar refractivity (Wildman–Crippen MR) is 268 cm³/mol. The first-order valence-corrected chi connectivity index (χ1v) is 22.0. The summed E-state index contributed by atoms with van der Waals surface area (Å²) in [4.78, 5) is 10.3. The van der Waals surface area contributed by atoms with Gasteiger partial charge in [-0.15, -0.1) is 29.3 Å². The molecule has 7 aromatic carbocycles. The van der Waals surface area contributed by atoms with Crippen LogP contribution in [0.25, 0.3) is 83.9 Å². The number of aryl methyl sites for hydroxylation is 1. The smallest absolute Gasteiger partial charge is 0.148 e. The summed E-state index contributed by atoms with van der Waals surface area (Å²) >= 11 is 0. The fraction of sp³-hybridized carbons (Fsp3) is 0.200. The van der Waals surface area contributed by atoms with Gasteiger partial charge >= 0.3 is 0 Å². The second-order valence-electron chi connectivity index (χ2n) is 19.0. The van der Waals surface area contributed by atoms with Gasteiger partial charge in [-0.25, -0.2) is 4.98 Å². The van der Waals surface area contributed by atoms with Crippen molar-refractivity contribution in [2.24, 2.45) is 0 Å². The van der Waals surface area contributed by atoms with Crippen LogP contribution >= 0.6 is 0 Å². The van der Waals surface area contributed by atoms with Crippen molar-refractivity contribution in [3.8, 4) is 78.6 Å². The first-order valence-electron chi connectivity index (χ1n) is 24.0. The molecule has 9 rings (SSSR count). The van der Waals surface area contributed by atoms with Gasteiger partial charge in [0.05, 0.1) is 22.3 Å². The maximum atomic E-state index is 11.6. The molecule has 0 fully saturated rings. The maximum absolute atomic E-state index is 11.6. The van der Waals surface area contributed by atoms with Crippen LogP contribution < -0.4 is 0 Å². The summed E-state index contributed by atoms with van der Waals surface area (Å²) in [5, 5.41) is 11.6. The third-order valence-electron chi connectivity index (χ3n) is 12.2. The average Bonchev–Trinajstić information content (AvgIpc) is 3.70. The van der Waals surface area contributed by atoms with Crippen LogP contribution in [-0.4, -0.2) is 19.6 Å². The van der Waals surface area contributed by atoms with Gasteiger partial charge in [0.1, 0.15) is 11.6 Å². The first kappa shape index (κ1) is 40.2. The number of imidazole rings is 1. The van der Waals surface area contributed by atoms with Crippen LogP contribution in [0.5, 0.6) is 5.75 Å². The molecule has 0 aliphatic carbocycles. The zero-order chi connectivity index (χ0) is 48.3. The van der Waals surface area contributed by atoms with Crippen LogP contribution in [0, 0.1) is 12.9 Å². The third-order valence-corrected chi connectivity index (χ3v) is 12.2. The Kier molecular flexibility index (Phi) is 11.1. The second-order valence-corrected chi connectivity index (χ2v) is 19.0. The average molecular weight is 1030 g/mol. The van der Waals surface area contributed by atoms with E-state index in [1.165, 1.54) is 5.56 Å². The molecule has 0 saturated carbocycles. The molecule has 0 saturated heterocycles. The van der Waals surface area contributed by atoms with Crippen LogP contribution in [0.15, 0.2) is 164 Å². The number of hydrogen-bond acceptors (Lipinski definition) is 3. The van der Waals surface area contributed by atoms with E-state index in [9.17, 15) is 5.11 Å². The SMILES string of the molecule is [2H]C([2H])([2H])c1cc(-n2c(-c3ccccc3O)nc3c(-c4[c-]c(-c5cc(-c6ccc(C([2H])(C)C)cc6)ccn5)cc(C(C)(C)C)c4)cccc32)c(-c2ccc(C(C)(C)C)cc2)cc1-c1ccccc1.[Pt]. The van der Waals surface area contributed by atoms with Crippen LogP contribution in [0.4, 0.5) is 0 Å². The van der Waals surface area contributed by atoms with Gasteiger partial charge in [-0.2, -0.15) is 0 Å². The minimum absolute atomic E-state index is 0. The maximum Gasteiger partial charge on any atom is 0.148 e. The Morgan fingerprint density at radius 1 is 0.600 bits per heavy atom. The summed E-state index contributed by atoms with van der Waals surface area (Å²) in [7, 11) is 0. The number of hydrogen-bond donors (Lipinski definition) is 1. The quantitative estimate of drug-likeness (QED) is 0.154. The number of aromatic nitrogens is 3. The second kappa shape index (κ2) is 17.9. The number of para-hydroxylation sites is 2. The molecule has 5 heteroatoms. The summed E-state index contributed by atoms with van der Waals surface area (Å²) in [6.07, 6.45) is 1.83. The number of pyridine rings is 1. The standard InChI is InChI=1S/C60H56N3O.Pt/c1-38(2)40-22-24-41(25-23-40)44-30-31-61-53(36-44)46-33-45(34-48(35-46)60(7,8)9)49-19-15-20-54-57(49)62-58(50-18-13-14-21-56(50)64)63(54)55-32-39(3)51(42-16-11-10-12-17-42)37-52(55)43-26-28-47(29-27-43)59(4,5)6;/h10-32,34-38,64H,1-9H3;/q-1;/i3D3,38D;. The molecule has 0 aliphatic rings. The summed E-state index contributed by atoms with van der Waals surface area (Å²) in [6.45, 7) is 14.4. The van der Waals surface area contributed by atoms with Crippen molar-refractivity contribution in [2.75, 3.05) is 0 Å². The molecule has 0 unspecified atom stereocenters. The monoisotopic (exact) mass is 1030 g/mol. The zero-order valence-electron chi connectivity index (χ0n) is 42.2. The molecule has 2 aromatic heterocycles. The van der Waals surface area contributed by atoms with Crippen molar-refractivity contribution >= 4 is 11.0 Å². The van der Waals surface area contributed by atoms with E-state index in [1.807, 2.05) is 110 Å². The van der Waals surface area contributed by atoms with E-state index < -0.39 is 12.7 Å². The Hall–Kier alpha value is -6.35. The van der Waals surface area contributed by atoms with Gasteiger partial charge in [-0.3, -0.25) is 9.55 Å². The molecule has 0 atom stereocenters. The number of fused-ring (bicyclic) bond motifs is 1. The molecule has 2 heterocycles. The van der Waals surface area contributed by atoms with Crippen molar-refractivity contribution in [3.05, 3.63) is 192 Å². The van der Waals surface area contributed by atoms with Crippen molar-refractivity contribution < 1.29 is 31.7 Å². The van der Waals surface area contributed by atoms with Crippen molar-refractivity contribution in [3.63, 3.8) is 0 Å². The third kappa shape index (κ3) is 9.02. The summed E-state index contributed by atoms with van der Waals surface area (Å²) < 4.78 is 37.3. The molecule has 9 aromatic rings. The molecule has 0 spiro atoms. The van der Waals surface area contributed by atoms with Crippen molar-refractivity contribution in [1.82, 2.24) is 14.5 Å². The van der Waals surface area contributed by atoms with Crippen LogP contribution in [0.3, 0.4) is 0 Å². The summed E-state index contributed by atoms with van der Waals surface area (Å²) in [6, 6.07) is 55.5. The molecule has 0 radical (unpaired) electrons. The number of aromatic hydroxyl groups is 1. The Bertz CT molecular complexity index is 3320. The molecule has 65 heavy (non-hydrogen) atoms. The summed E-state index contributed by atoms with van der Waals surface area (Å²) in [5.41, 5.74) is 14.0. The van der Waals surface area contributed by atoms with Crippen LogP contribution in [0.2, 0.25) is 0 Å². The van der Waals surface area contributed by atoms with Crippen LogP contribution in [-0.2, 0) is 31.9 Å². The normalized spacial score (nSPS) is 13.1. The Morgan fingerprint density at radius 3 is 1.92 bits per heavy atom. The zero-order valence-corrected chi connectivity index (χ0v) is 40.5. The molecular formula is C60H56N3OPt-. The van der Waals surface area contributed by atoms with Gasteiger partial charge in [-0.1, -0.05) is 176 Å². The fourth-order valence-corrected chi connectivity index (χ4v) is 8.45. The van der Waals surface area contributed by atoms with Gasteiger partial charge in [-0.05, 0) is 104 Å². The Balaban J connectivity index is 0.00000642. The van der Waals surface area contributed by atoms with E-state index in [0.717, 1.165) is 66.8 Å². The largest absolute Gasteiger partial charge is 0.507 e. The van der Waals surface area contributed by atoms with E-state index in [2.05, 4.69) is 102 Å². The molecule has 0 aliphatic heterocycles. The van der Waals surface area contributed by atoms with E-state index in [4.69, 9.17) is 15.5 Å². The Morgan fingerprint density at radius 2 is 1.25 bits per heavy atom. The number of benzene rings is 7. The molecule has 0 bridgehead atoms. The molecule has 4 nitrogen and oxygen atoms in total.